The van der Waals surface area contributed by atoms with Crippen LogP contribution in [0, 0.1) is 5.92 Å². The Hall–Kier alpha value is -0.140. The Morgan fingerprint density at radius 1 is 1.56 bits per heavy atom. The van der Waals surface area contributed by atoms with Crippen LogP contribution in [0.25, 0.3) is 0 Å². The van der Waals surface area contributed by atoms with Crippen molar-refractivity contribution in [2.45, 2.75) is 17.6 Å². The highest BCUT2D eigenvalue weighted by molar-refractivity contribution is 7.91. The van der Waals surface area contributed by atoms with E-state index in [0.29, 0.717) is 16.8 Å². The van der Waals surface area contributed by atoms with Crippen LogP contribution in [0.5, 0.6) is 0 Å². The summed E-state index contributed by atoms with van der Waals surface area (Å²) in [5, 5.41) is 0. The van der Waals surface area contributed by atoms with Gasteiger partial charge < -0.3 is 4.90 Å². The molecule has 2 heterocycles. The predicted octanol–water partition coefficient (Wildman–Crippen LogP) is 2.02. The number of nitrogens with zero attached hydrogens (tertiary/aromatic N) is 1. The monoisotopic (exact) mass is 308 g/mol. The lowest BCUT2D eigenvalue weighted by molar-refractivity contribution is 0.342. The van der Waals surface area contributed by atoms with Gasteiger partial charge in [-0.3, -0.25) is 0 Å². The molecule has 7 heteroatoms. The van der Waals surface area contributed by atoms with Crippen molar-refractivity contribution in [3.8, 4) is 0 Å². The van der Waals surface area contributed by atoms with Gasteiger partial charge in [0, 0.05) is 13.1 Å². The second kappa shape index (κ2) is 5.88. The molecule has 0 spiro atoms. The summed E-state index contributed by atoms with van der Waals surface area (Å²) in [6.07, 6.45) is 1.06. The fourth-order valence-corrected chi connectivity index (χ4v) is 4.75. The van der Waals surface area contributed by atoms with Gasteiger partial charge in [-0.05, 0) is 37.6 Å². The Balaban J connectivity index is 1.90. The van der Waals surface area contributed by atoms with Crippen molar-refractivity contribution >= 4 is 33.0 Å². The van der Waals surface area contributed by atoms with E-state index in [9.17, 15) is 8.42 Å². The van der Waals surface area contributed by atoms with Crippen LogP contribution in [0.3, 0.4) is 0 Å². The molecule has 0 unspecified atom stereocenters. The summed E-state index contributed by atoms with van der Waals surface area (Å²) in [6.45, 7) is 5.70. The van der Waals surface area contributed by atoms with Crippen molar-refractivity contribution in [1.29, 1.82) is 0 Å². The molecule has 0 saturated carbocycles. The lowest BCUT2D eigenvalue weighted by Crippen LogP contribution is -2.30. The van der Waals surface area contributed by atoms with Gasteiger partial charge in [-0.2, -0.15) is 0 Å². The molecule has 4 nitrogen and oxygen atoms in total. The molecule has 18 heavy (non-hydrogen) atoms. The van der Waals surface area contributed by atoms with Crippen LogP contribution in [-0.2, 0) is 10.0 Å². The highest BCUT2D eigenvalue weighted by atomic mass is 35.5. The third-order valence-electron chi connectivity index (χ3n) is 3.19. The average Bonchev–Trinajstić information content (AvgIpc) is 2.95. The van der Waals surface area contributed by atoms with Crippen LogP contribution in [0.15, 0.2) is 16.3 Å². The minimum atomic E-state index is -3.39. The summed E-state index contributed by atoms with van der Waals surface area (Å²) in [5.41, 5.74) is 0. The van der Waals surface area contributed by atoms with Gasteiger partial charge in [-0.1, -0.05) is 18.5 Å². The molecule has 1 aromatic rings. The lowest BCUT2D eigenvalue weighted by Gasteiger charge is -2.13. The smallest absolute Gasteiger partial charge is 0.250 e. The predicted molar refractivity (Wildman–Crippen MR) is 74.7 cm³/mol. The molecule has 0 bridgehead atoms. The van der Waals surface area contributed by atoms with E-state index in [2.05, 4.69) is 16.5 Å². The number of halogens is 1. The van der Waals surface area contributed by atoms with E-state index in [1.807, 2.05) is 0 Å². The Morgan fingerprint density at radius 2 is 2.33 bits per heavy atom. The zero-order valence-electron chi connectivity index (χ0n) is 10.2. The van der Waals surface area contributed by atoms with Crippen molar-refractivity contribution in [2.75, 3.05) is 26.2 Å². The summed E-state index contributed by atoms with van der Waals surface area (Å²) in [4.78, 5) is 2.33. The third kappa shape index (κ3) is 3.45. The van der Waals surface area contributed by atoms with Crippen LogP contribution < -0.4 is 4.72 Å². The summed E-state index contributed by atoms with van der Waals surface area (Å²) in [5.74, 6) is 0.412. The molecule has 1 atom stereocenters. The quantitative estimate of drug-likeness (QED) is 0.905. The van der Waals surface area contributed by atoms with Gasteiger partial charge >= 0.3 is 0 Å². The number of rotatable bonds is 5. The van der Waals surface area contributed by atoms with Gasteiger partial charge in [0.1, 0.15) is 4.21 Å². The van der Waals surface area contributed by atoms with E-state index in [1.54, 1.807) is 12.1 Å². The van der Waals surface area contributed by atoms with E-state index in [1.165, 1.54) is 0 Å². The maximum Gasteiger partial charge on any atom is 0.250 e. The summed E-state index contributed by atoms with van der Waals surface area (Å²) in [6, 6.07) is 3.15. The first kappa shape index (κ1) is 14.3. The van der Waals surface area contributed by atoms with Gasteiger partial charge in [-0.15, -0.1) is 11.3 Å². The van der Waals surface area contributed by atoms with Gasteiger partial charge in [-0.25, -0.2) is 13.1 Å². The Morgan fingerprint density at radius 3 is 2.89 bits per heavy atom. The first-order chi connectivity index (χ1) is 8.51. The van der Waals surface area contributed by atoms with Crippen LogP contribution >= 0.6 is 22.9 Å². The van der Waals surface area contributed by atoms with Gasteiger partial charge in [0.15, 0.2) is 0 Å². The minimum absolute atomic E-state index is 0.290. The first-order valence-corrected chi connectivity index (χ1v) is 8.66. The number of likely N-dealkylation sites (tertiary alicyclic amines) is 1. The second-order valence-electron chi connectivity index (χ2n) is 4.46. The molecule has 0 aromatic carbocycles. The molecular weight excluding hydrogens is 292 g/mol. The molecule has 2 rings (SSSR count). The fourth-order valence-electron chi connectivity index (χ4n) is 2.11. The van der Waals surface area contributed by atoms with E-state index in [0.717, 1.165) is 37.4 Å². The topological polar surface area (TPSA) is 49.4 Å². The van der Waals surface area contributed by atoms with Crippen LogP contribution in [0.1, 0.15) is 13.3 Å². The zero-order chi connectivity index (χ0) is 13.2. The summed E-state index contributed by atoms with van der Waals surface area (Å²) < 4.78 is 27.4. The molecule has 0 aliphatic carbocycles. The van der Waals surface area contributed by atoms with Crippen molar-refractivity contribution in [3.05, 3.63) is 16.5 Å². The van der Waals surface area contributed by atoms with E-state index in [-0.39, 0.29) is 4.21 Å². The lowest BCUT2D eigenvalue weighted by atomic mass is 10.1. The molecule has 1 aliphatic heterocycles. The zero-order valence-corrected chi connectivity index (χ0v) is 12.6. The third-order valence-corrected chi connectivity index (χ3v) is 6.34. The number of sulfonamides is 1. The SMILES string of the molecule is CCN1CC[C@@H](CNS(=O)(=O)c2ccc(Cl)s2)C1. The van der Waals surface area contributed by atoms with Crippen molar-refractivity contribution in [3.63, 3.8) is 0 Å². The van der Waals surface area contributed by atoms with Crippen LogP contribution in [0.2, 0.25) is 4.34 Å². The van der Waals surface area contributed by atoms with Crippen molar-refractivity contribution < 1.29 is 8.42 Å². The van der Waals surface area contributed by atoms with Crippen molar-refractivity contribution in [1.82, 2.24) is 9.62 Å². The molecule has 0 amide bonds. The first-order valence-electron chi connectivity index (χ1n) is 5.98. The Labute approximate surface area is 117 Å². The average molecular weight is 309 g/mol. The van der Waals surface area contributed by atoms with E-state index in [4.69, 9.17) is 11.6 Å². The highest BCUT2D eigenvalue weighted by Crippen LogP contribution is 2.25. The molecule has 102 valence electrons. The van der Waals surface area contributed by atoms with E-state index < -0.39 is 10.0 Å². The van der Waals surface area contributed by atoms with Crippen LogP contribution in [0.4, 0.5) is 0 Å². The highest BCUT2D eigenvalue weighted by Gasteiger charge is 2.24. The molecule has 1 fully saturated rings. The molecule has 1 saturated heterocycles. The molecular formula is C11H17ClN2O2S2. The summed E-state index contributed by atoms with van der Waals surface area (Å²) >= 11 is 6.84. The Bertz CT molecular complexity index is 501. The molecule has 0 radical (unpaired) electrons. The molecule has 1 N–H and O–H groups in total. The number of thiophene rings is 1. The van der Waals surface area contributed by atoms with Crippen molar-refractivity contribution in [2.24, 2.45) is 5.92 Å². The molecule has 1 aromatic heterocycles. The maximum atomic E-state index is 12.0. The number of nitrogens with one attached hydrogen (secondary N) is 1. The largest absolute Gasteiger partial charge is 0.303 e. The number of hydrogen-bond donors (Lipinski definition) is 1. The number of hydrogen-bond acceptors (Lipinski definition) is 4. The molecule has 1 aliphatic rings. The van der Waals surface area contributed by atoms with Gasteiger partial charge in [0.25, 0.3) is 0 Å². The standard InChI is InChI=1S/C11H17ClN2O2S2/c1-2-14-6-5-9(8-14)7-13-18(15,16)11-4-3-10(12)17-11/h3-4,9,13H,2,5-8H2,1H3/t9-/m0/s1. The Kier molecular flexibility index (Phi) is 4.66. The normalized spacial score (nSPS) is 21.6. The van der Waals surface area contributed by atoms with Gasteiger partial charge in [0.05, 0.1) is 4.34 Å². The van der Waals surface area contributed by atoms with Gasteiger partial charge in [0.2, 0.25) is 10.0 Å². The fraction of sp³-hybridized carbons (Fsp3) is 0.636. The maximum absolute atomic E-state index is 12.0. The van der Waals surface area contributed by atoms with E-state index >= 15 is 0 Å². The summed E-state index contributed by atoms with van der Waals surface area (Å²) in [7, 11) is -3.39. The van der Waals surface area contributed by atoms with Crippen LogP contribution in [-0.4, -0.2) is 39.5 Å². The minimum Gasteiger partial charge on any atom is -0.303 e. The second-order valence-corrected chi connectivity index (χ2v) is 8.17.